The Bertz CT molecular complexity index is 1040. The molecule has 2 unspecified atom stereocenters. The van der Waals surface area contributed by atoms with Gasteiger partial charge in [-0.15, -0.1) is 0 Å². The van der Waals surface area contributed by atoms with Crippen LogP contribution in [0.15, 0.2) is 48.5 Å². The molecule has 0 aliphatic carbocycles. The normalized spacial score (nSPS) is 23.0. The van der Waals surface area contributed by atoms with Crippen LogP contribution >= 0.6 is 0 Å². The van der Waals surface area contributed by atoms with Gasteiger partial charge in [0.1, 0.15) is 5.75 Å². The van der Waals surface area contributed by atoms with Crippen LogP contribution in [-0.4, -0.2) is 48.4 Å². The molecule has 166 valence electrons. The molecule has 3 aliphatic heterocycles. The van der Waals surface area contributed by atoms with Crippen LogP contribution in [0.1, 0.15) is 42.5 Å². The van der Waals surface area contributed by atoms with Crippen molar-refractivity contribution in [3.63, 3.8) is 0 Å². The third-order valence-electron chi connectivity index (χ3n) is 6.64. The summed E-state index contributed by atoms with van der Waals surface area (Å²) in [5, 5.41) is 2.91. The Hall–Kier alpha value is -3.35. The molecule has 7 nitrogen and oxygen atoms in total. The van der Waals surface area contributed by atoms with Crippen molar-refractivity contribution >= 4 is 29.1 Å². The predicted octanol–water partition coefficient (Wildman–Crippen LogP) is 3.46. The first-order valence-electron chi connectivity index (χ1n) is 11.3. The maximum Gasteiger partial charge on any atom is 0.257 e. The molecule has 2 aromatic rings. The molecule has 1 N–H and O–H groups in total. The van der Waals surface area contributed by atoms with Crippen LogP contribution in [0.3, 0.4) is 0 Å². The zero-order valence-electron chi connectivity index (χ0n) is 18.0. The lowest BCUT2D eigenvalue weighted by Crippen LogP contribution is -2.45. The molecule has 2 fully saturated rings. The monoisotopic (exact) mass is 433 g/mol. The Morgan fingerprint density at radius 3 is 2.72 bits per heavy atom. The van der Waals surface area contributed by atoms with Crippen LogP contribution in [0.25, 0.3) is 0 Å². The molecule has 2 saturated heterocycles. The highest BCUT2D eigenvalue weighted by Crippen LogP contribution is 2.32. The number of ether oxygens (including phenoxy) is 1. The largest absolute Gasteiger partial charge is 0.493 e. The number of piperidine rings is 1. The van der Waals surface area contributed by atoms with E-state index in [4.69, 9.17) is 4.74 Å². The van der Waals surface area contributed by atoms with Crippen LogP contribution in [0, 0.1) is 5.92 Å². The number of rotatable bonds is 3. The summed E-state index contributed by atoms with van der Waals surface area (Å²) in [6.45, 7) is 1.68. The van der Waals surface area contributed by atoms with Gasteiger partial charge in [-0.25, -0.2) is 0 Å². The highest BCUT2D eigenvalue weighted by molar-refractivity contribution is 6.04. The quantitative estimate of drug-likeness (QED) is 0.804. The van der Waals surface area contributed by atoms with E-state index in [0.29, 0.717) is 30.2 Å². The number of fused-ring (bicyclic) bond motifs is 2. The minimum absolute atomic E-state index is 0.0354. The third kappa shape index (κ3) is 3.95. The fourth-order valence-electron chi connectivity index (χ4n) is 4.91. The molecule has 2 aromatic carbocycles. The molecule has 0 bridgehead atoms. The Labute approximate surface area is 187 Å². The molecule has 3 heterocycles. The van der Waals surface area contributed by atoms with E-state index in [0.717, 1.165) is 37.9 Å². The second kappa shape index (κ2) is 8.65. The summed E-state index contributed by atoms with van der Waals surface area (Å²) in [7, 11) is 0. The molecule has 2 atom stereocenters. The van der Waals surface area contributed by atoms with E-state index < -0.39 is 5.92 Å². The van der Waals surface area contributed by atoms with Crippen molar-refractivity contribution in [2.45, 2.75) is 38.1 Å². The molecule has 7 heteroatoms. The molecule has 3 amide bonds. The maximum atomic E-state index is 13.2. The zero-order chi connectivity index (χ0) is 22.1. The highest BCUT2D eigenvalue weighted by Gasteiger charge is 2.35. The molecule has 0 aromatic heterocycles. The molecule has 3 aliphatic rings. The van der Waals surface area contributed by atoms with E-state index in [2.05, 4.69) is 5.32 Å². The van der Waals surface area contributed by atoms with Crippen LogP contribution in [0.4, 0.5) is 11.4 Å². The SMILES string of the molecule is O=C(Nc1ccc2c(c1)C(=O)N1CCCCC1CCO2)C1CC(=O)N(c2ccccc2)C1. The average Bonchev–Trinajstić information content (AvgIpc) is 3.21. The highest BCUT2D eigenvalue weighted by atomic mass is 16.5. The number of carbonyl (C=O) groups is 3. The van der Waals surface area contributed by atoms with Gasteiger partial charge in [0.2, 0.25) is 11.8 Å². The van der Waals surface area contributed by atoms with Gasteiger partial charge >= 0.3 is 0 Å². The second-order valence-electron chi connectivity index (χ2n) is 8.73. The van der Waals surface area contributed by atoms with Gasteiger partial charge in [0, 0.05) is 43.3 Å². The molecule has 0 saturated carbocycles. The number of para-hydroxylation sites is 1. The van der Waals surface area contributed by atoms with E-state index in [-0.39, 0.29) is 30.2 Å². The predicted molar refractivity (Wildman–Crippen MR) is 121 cm³/mol. The number of anilines is 2. The Balaban J connectivity index is 1.32. The molecular weight excluding hydrogens is 406 g/mol. The van der Waals surface area contributed by atoms with Gasteiger partial charge in [0.05, 0.1) is 18.1 Å². The Morgan fingerprint density at radius 2 is 1.88 bits per heavy atom. The van der Waals surface area contributed by atoms with E-state index in [9.17, 15) is 14.4 Å². The van der Waals surface area contributed by atoms with E-state index in [1.165, 1.54) is 0 Å². The first-order chi connectivity index (χ1) is 15.6. The fraction of sp³-hybridized carbons (Fsp3) is 0.400. The number of nitrogens with one attached hydrogen (secondary N) is 1. The van der Waals surface area contributed by atoms with Crippen molar-refractivity contribution in [2.75, 3.05) is 29.9 Å². The van der Waals surface area contributed by atoms with E-state index in [1.54, 1.807) is 23.1 Å². The van der Waals surface area contributed by atoms with Crippen LogP contribution in [-0.2, 0) is 9.59 Å². The number of carbonyl (C=O) groups excluding carboxylic acids is 3. The number of nitrogens with zero attached hydrogens (tertiary/aromatic N) is 2. The first-order valence-corrected chi connectivity index (χ1v) is 11.3. The summed E-state index contributed by atoms with van der Waals surface area (Å²) in [5.41, 5.74) is 1.83. The summed E-state index contributed by atoms with van der Waals surface area (Å²) in [6, 6.07) is 14.8. The first kappa shape index (κ1) is 20.5. The van der Waals surface area contributed by atoms with Crippen LogP contribution in [0.5, 0.6) is 5.75 Å². The Kier molecular flexibility index (Phi) is 5.55. The van der Waals surface area contributed by atoms with Gasteiger partial charge in [-0.1, -0.05) is 18.2 Å². The lowest BCUT2D eigenvalue weighted by atomic mass is 9.97. The second-order valence-corrected chi connectivity index (χ2v) is 8.73. The summed E-state index contributed by atoms with van der Waals surface area (Å²) in [5.74, 6) is -0.195. The molecular formula is C25H27N3O4. The summed E-state index contributed by atoms with van der Waals surface area (Å²) in [6.07, 6.45) is 4.18. The summed E-state index contributed by atoms with van der Waals surface area (Å²) >= 11 is 0. The zero-order valence-corrected chi connectivity index (χ0v) is 18.0. The van der Waals surface area contributed by atoms with Crippen molar-refractivity contribution in [3.8, 4) is 5.75 Å². The maximum absolute atomic E-state index is 13.2. The van der Waals surface area contributed by atoms with Crippen molar-refractivity contribution in [1.82, 2.24) is 4.90 Å². The Morgan fingerprint density at radius 1 is 1.03 bits per heavy atom. The molecule has 0 spiro atoms. The summed E-state index contributed by atoms with van der Waals surface area (Å²) in [4.78, 5) is 42.2. The third-order valence-corrected chi connectivity index (χ3v) is 6.64. The van der Waals surface area contributed by atoms with Gasteiger partial charge in [0.25, 0.3) is 5.91 Å². The number of hydrogen-bond acceptors (Lipinski definition) is 4. The van der Waals surface area contributed by atoms with Crippen LogP contribution in [0.2, 0.25) is 0 Å². The van der Waals surface area contributed by atoms with Gasteiger partial charge < -0.3 is 19.9 Å². The number of amides is 3. The lowest BCUT2D eigenvalue weighted by molar-refractivity contribution is -0.122. The van der Waals surface area contributed by atoms with Gasteiger partial charge in [0.15, 0.2) is 0 Å². The fourth-order valence-corrected chi connectivity index (χ4v) is 4.91. The van der Waals surface area contributed by atoms with E-state index in [1.807, 2.05) is 35.2 Å². The van der Waals surface area contributed by atoms with Crippen molar-refractivity contribution < 1.29 is 19.1 Å². The molecule has 32 heavy (non-hydrogen) atoms. The van der Waals surface area contributed by atoms with Crippen LogP contribution < -0.4 is 15.0 Å². The summed E-state index contributed by atoms with van der Waals surface area (Å²) < 4.78 is 5.87. The molecule has 0 radical (unpaired) electrons. The minimum atomic E-state index is -0.442. The van der Waals surface area contributed by atoms with Crippen molar-refractivity contribution in [3.05, 3.63) is 54.1 Å². The number of hydrogen-bond donors (Lipinski definition) is 1. The molecule has 5 rings (SSSR count). The minimum Gasteiger partial charge on any atom is -0.493 e. The van der Waals surface area contributed by atoms with Gasteiger partial charge in [-0.3, -0.25) is 14.4 Å². The smallest absolute Gasteiger partial charge is 0.257 e. The van der Waals surface area contributed by atoms with Crippen molar-refractivity contribution in [1.29, 1.82) is 0 Å². The van der Waals surface area contributed by atoms with Crippen molar-refractivity contribution in [2.24, 2.45) is 5.92 Å². The topological polar surface area (TPSA) is 79.0 Å². The van der Waals surface area contributed by atoms with E-state index >= 15 is 0 Å². The number of benzene rings is 2. The lowest BCUT2D eigenvalue weighted by Gasteiger charge is -2.37. The van der Waals surface area contributed by atoms with Gasteiger partial charge in [-0.2, -0.15) is 0 Å². The standard InChI is InChI=1S/C25H27N3O4/c29-23-14-17(16-28(23)19-6-2-1-3-7-19)24(30)26-18-9-10-22-21(15-18)25(31)27-12-5-4-8-20(27)11-13-32-22/h1-3,6-7,9-10,15,17,20H,4-5,8,11-14,16H2,(H,26,30). The average molecular weight is 434 g/mol. The van der Waals surface area contributed by atoms with Gasteiger partial charge in [-0.05, 0) is 49.6 Å².